The molecule has 0 aliphatic carbocycles. The van der Waals surface area contributed by atoms with Crippen LogP contribution in [0, 0.1) is 0 Å². The number of nitrogens with zero attached hydrogens (tertiary/aromatic N) is 2. The van der Waals surface area contributed by atoms with Gasteiger partial charge in [-0.15, -0.1) is 0 Å². The number of pyridine rings is 1. The molecule has 5 heteroatoms. The van der Waals surface area contributed by atoms with Gasteiger partial charge in [0.1, 0.15) is 5.92 Å². The number of rotatable bonds is 3. The van der Waals surface area contributed by atoms with Gasteiger partial charge >= 0.3 is 0 Å². The van der Waals surface area contributed by atoms with Crippen LogP contribution in [0.25, 0.3) is 0 Å². The summed E-state index contributed by atoms with van der Waals surface area (Å²) in [4.78, 5) is 17.5. The Bertz CT molecular complexity index is 364. The smallest absolute Gasteiger partial charge is 0.238 e. The van der Waals surface area contributed by atoms with Crippen LogP contribution in [0.2, 0.25) is 0 Å². The molecule has 0 saturated heterocycles. The van der Waals surface area contributed by atoms with Gasteiger partial charge in [-0.3, -0.25) is 9.78 Å². The van der Waals surface area contributed by atoms with Crippen molar-refractivity contribution in [2.24, 2.45) is 5.73 Å². The summed E-state index contributed by atoms with van der Waals surface area (Å²) in [5, 5.41) is 0. The first-order valence-corrected chi connectivity index (χ1v) is 4.86. The van der Waals surface area contributed by atoms with Gasteiger partial charge in [-0.25, -0.2) is 0 Å². The summed E-state index contributed by atoms with van der Waals surface area (Å²) in [6.07, 6.45) is 1.61. The van der Waals surface area contributed by atoms with Crippen LogP contribution in [0.5, 0.6) is 0 Å². The zero-order valence-corrected chi connectivity index (χ0v) is 9.49. The van der Waals surface area contributed by atoms with Crippen molar-refractivity contribution in [3.8, 4) is 0 Å². The van der Waals surface area contributed by atoms with Gasteiger partial charge < -0.3 is 10.6 Å². The van der Waals surface area contributed by atoms with E-state index in [0.29, 0.717) is 5.69 Å². The average molecular weight is 223 g/mol. The molecule has 0 saturated carbocycles. The van der Waals surface area contributed by atoms with E-state index >= 15 is 0 Å². The van der Waals surface area contributed by atoms with Gasteiger partial charge in [0.2, 0.25) is 5.91 Å². The number of likely N-dealkylation sites (N-methyl/N-ethyl adjacent to an activating group) is 1. The second kappa shape index (κ2) is 4.84. The second-order valence-electron chi connectivity index (χ2n) is 3.32. The van der Waals surface area contributed by atoms with Gasteiger partial charge in [0, 0.05) is 20.3 Å². The number of nitrogens with two attached hydrogens (primary N) is 1. The summed E-state index contributed by atoms with van der Waals surface area (Å²) in [6.45, 7) is 0. The van der Waals surface area contributed by atoms with E-state index in [1.807, 2.05) is 0 Å². The van der Waals surface area contributed by atoms with Crippen LogP contribution in [0.4, 0.5) is 0 Å². The number of hydrogen-bond acceptors (Lipinski definition) is 3. The molecule has 0 radical (unpaired) electrons. The van der Waals surface area contributed by atoms with Crippen LogP contribution in [0.15, 0.2) is 24.4 Å². The standard InChI is InChI=1S/C10H13N3OS/c1-13(2)10(14)8(9(11)15)7-5-3-4-6-12-7/h3-6,8H,1-2H3,(H2,11,15). The van der Waals surface area contributed by atoms with Gasteiger partial charge in [0.15, 0.2) is 0 Å². The number of carbonyl (C=O) groups is 1. The molecular formula is C10H13N3OS. The summed E-state index contributed by atoms with van der Waals surface area (Å²) >= 11 is 4.88. The molecule has 1 aromatic rings. The molecule has 0 aromatic carbocycles. The highest BCUT2D eigenvalue weighted by Crippen LogP contribution is 2.15. The Hall–Kier alpha value is -1.49. The lowest BCUT2D eigenvalue weighted by atomic mass is 10.0. The Morgan fingerprint density at radius 3 is 2.60 bits per heavy atom. The molecule has 0 aliphatic heterocycles. The third kappa shape index (κ3) is 2.73. The first kappa shape index (κ1) is 11.6. The zero-order valence-electron chi connectivity index (χ0n) is 8.68. The summed E-state index contributed by atoms with van der Waals surface area (Å²) in [7, 11) is 3.33. The molecule has 1 atom stereocenters. The van der Waals surface area contributed by atoms with Crippen molar-refractivity contribution in [3.63, 3.8) is 0 Å². The fourth-order valence-electron chi connectivity index (χ4n) is 1.20. The first-order valence-electron chi connectivity index (χ1n) is 4.45. The number of amides is 1. The van der Waals surface area contributed by atoms with E-state index in [4.69, 9.17) is 18.0 Å². The van der Waals surface area contributed by atoms with Gasteiger partial charge in [0.25, 0.3) is 0 Å². The predicted molar refractivity (Wildman–Crippen MR) is 62.5 cm³/mol. The van der Waals surface area contributed by atoms with E-state index in [1.165, 1.54) is 4.90 Å². The Kier molecular flexibility index (Phi) is 3.74. The molecule has 15 heavy (non-hydrogen) atoms. The highest BCUT2D eigenvalue weighted by atomic mass is 32.1. The maximum atomic E-state index is 11.8. The lowest BCUT2D eigenvalue weighted by molar-refractivity contribution is -0.128. The number of thiocarbonyl (C=S) groups is 1. The van der Waals surface area contributed by atoms with E-state index in [0.717, 1.165) is 0 Å². The Morgan fingerprint density at radius 1 is 1.53 bits per heavy atom. The maximum absolute atomic E-state index is 11.8. The number of carbonyl (C=O) groups excluding carboxylic acids is 1. The topological polar surface area (TPSA) is 59.2 Å². The molecule has 1 rings (SSSR count). The van der Waals surface area contributed by atoms with Crippen molar-refractivity contribution in [2.45, 2.75) is 5.92 Å². The first-order chi connectivity index (χ1) is 7.04. The Balaban J connectivity index is 3.05. The molecule has 0 aliphatic rings. The Morgan fingerprint density at radius 2 is 2.20 bits per heavy atom. The largest absolute Gasteiger partial charge is 0.392 e. The maximum Gasteiger partial charge on any atom is 0.238 e. The molecule has 1 amide bonds. The van der Waals surface area contributed by atoms with Gasteiger partial charge in [-0.05, 0) is 12.1 Å². The summed E-state index contributed by atoms with van der Waals surface area (Å²) in [5.41, 5.74) is 6.14. The SMILES string of the molecule is CN(C)C(=O)C(C(N)=S)c1ccccn1. The van der Waals surface area contributed by atoms with E-state index in [1.54, 1.807) is 38.5 Å². The second-order valence-corrected chi connectivity index (χ2v) is 3.79. The molecule has 0 spiro atoms. The van der Waals surface area contributed by atoms with E-state index in [2.05, 4.69) is 4.98 Å². The quantitative estimate of drug-likeness (QED) is 0.760. The highest BCUT2D eigenvalue weighted by molar-refractivity contribution is 7.80. The lowest BCUT2D eigenvalue weighted by Gasteiger charge is -2.18. The van der Waals surface area contributed by atoms with Crippen LogP contribution in [-0.2, 0) is 4.79 Å². The summed E-state index contributed by atoms with van der Waals surface area (Å²) < 4.78 is 0. The van der Waals surface area contributed by atoms with Crippen molar-refractivity contribution in [1.82, 2.24) is 9.88 Å². The van der Waals surface area contributed by atoms with Crippen molar-refractivity contribution in [3.05, 3.63) is 30.1 Å². The Labute approximate surface area is 94.1 Å². The third-order valence-electron chi connectivity index (χ3n) is 1.96. The minimum absolute atomic E-state index is 0.146. The minimum atomic E-state index is -0.629. The van der Waals surface area contributed by atoms with Crippen LogP contribution in [-0.4, -0.2) is 34.9 Å². The normalized spacial score (nSPS) is 11.9. The number of hydrogen-bond donors (Lipinski definition) is 1. The molecule has 1 unspecified atom stereocenters. The van der Waals surface area contributed by atoms with Crippen molar-refractivity contribution < 1.29 is 4.79 Å². The van der Waals surface area contributed by atoms with Crippen LogP contribution in [0.1, 0.15) is 11.6 Å². The van der Waals surface area contributed by atoms with E-state index in [9.17, 15) is 4.79 Å². The van der Waals surface area contributed by atoms with Crippen LogP contribution < -0.4 is 5.73 Å². The lowest BCUT2D eigenvalue weighted by Crippen LogP contribution is -2.35. The van der Waals surface area contributed by atoms with Crippen molar-refractivity contribution in [1.29, 1.82) is 0 Å². The molecule has 2 N–H and O–H groups in total. The monoisotopic (exact) mass is 223 g/mol. The molecule has 0 bridgehead atoms. The fourth-order valence-corrected chi connectivity index (χ4v) is 1.42. The predicted octanol–water partition coefficient (Wildman–Crippen LogP) is 0.539. The minimum Gasteiger partial charge on any atom is -0.392 e. The van der Waals surface area contributed by atoms with Crippen LogP contribution >= 0.6 is 12.2 Å². The molecule has 4 nitrogen and oxygen atoms in total. The fraction of sp³-hybridized carbons (Fsp3) is 0.300. The van der Waals surface area contributed by atoms with Crippen molar-refractivity contribution >= 4 is 23.1 Å². The third-order valence-corrected chi connectivity index (χ3v) is 2.19. The van der Waals surface area contributed by atoms with E-state index < -0.39 is 5.92 Å². The van der Waals surface area contributed by atoms with E-state index in [-0.39, 0.29) is 10.9 Å². The van der Waals surface area contributed by atoms with Gasteiger partial charge in [-0.2, -0.15) is 0 Å². The summed E-state index contributed by atoms with van der Waals surface area (Å²) in [5.74, 6) is -0.780. The van der Waals surface area contributed by atoms with Crippen LogP contribution in [0.3, 0.4) is 0 Å². The molecule has 1 aromatic heterocycles. The molecular weight excluding hydrogens is 210 g/mol. The molecule has 80 valence electrons. The molecule has 1 heterocycles. The van der Waals surface area contributed by atoms with Gasteiger partial charge in [0.05, 0.1) is 10.7 Å². The summed E-state index contributed by atoms with van der Waals surface area (Å²) in [6, 6.07) is 5.32. The zero-order chi connectivity index (χ0) is 11.4. The van der Waals surface area contributed by atoms with Crippen molar-refractivity contribution in [2.75, 3.05) is 14.1 Å². The average Bonchev–Trinajstić information content (AvgIpc) is 2.18. The molecule has 0 fully saturated rings. The highest BCUT2D eigenvalue weighted by Gasteiger charge is 2.25. The number of aromatic nitrogens is 1. The van der Waals surface area contributed by atoms with Gasteiger partial charge in [-0.1, -0.05) is 18.3 Å².